The Hall–Kier alpha value is -3.03. The van der Waals surface area contributed by atoms with Gasteiger partial charge in [-0.25, -0.2) is 0 Å². The number of hydrogen-bond donors (Lipinski definition) is 1. The van der Waals surface area contributed by atoms with Gasteiger partial charge in [0.1, 0.15) is 0 Å². The van der Waals surface area contributed by atoms with Crippen LogP contribution in [0.15, 0.2) is 36.4 Å². The molecule has 0 unspecified atom stereocenters. The summed E-state index contributed by atoms with van der Waals surface area (Å²) < 4.78 is 44.3. The number of hydrogen-bond acceptors (Lipinski definition) is 5. The normalized spacial score (nSPS) is 10.3. The van der Waals surface area contributed by atoms with Crippen LogP contribution >= 0.6 is 0 Å². The molecule has 1 amide bonds. The second kappa shape index (κ2) is 8.18. The van der Waals surface area contributed by atoms with E-state index in [-0.39, 0.29) is 17.1 Å². The number of methoxy groups -OCH3 is 3. The van der Waals surface area contributed by atoms with Crippen molar-refractivity contribution in [1.29, 1.82) is 0 Å². The van der Waals surface area contributed by atoms with Gasteiger partial charge in [-0.05, 0) is 30.3 Å². The van der Waals surface area contributed by atoms with Gasteiger partial charge in [0.25, 0.3) is 5.91 Å². The third kappa shape index (κ3) is 4.50. The van der Waals surface area contributed by atoms with E-state index in [4.69, 9.17) is 14.2 Å². The van der Waals surface area contributed by atoms with Crippen LogP contribution < -0.4 is 24.3 Å². The maximum Gasteiger partial charge on any atom is 0.387 e. The van der Waals surface area contributed by atoms with E-state index >= 15 is 0 Å². The highest BCUT2D eigenvalue weighted by Crippen LogP contribution is 2.31. The van der Waals surface area contributed by atoms with Crippen molar-refractivity contribution in [3.05, 3.63) is 42.0 Å². The van der Waals surface area contributed by atoms with Crippen molar-refractivity contribution in [2.75, 3.05) is 26.6 Å². The van der Waals surface area contributed by atoms with Crippen LogP contribution in [-0.4, -0.2) is 33.8 Å². The average molecular weight is 353 g/mol. The lowest BCUT2D eigenvalue weighted by Gasteiger charge is -2.12. The van der Waals surface area contributed by atoms with Crippen LogP contribution in [0.5, 0.6) is 23.0 Å². The van der Waals surface area contributed by atoms with Crippen LogP contribution in [0.25, 0.3) is 0 Å². The third-order valence-corrected chi connectivity index (χ3v) is 3.28. The number of halogens is 2. The summed E-state index contributed by atoms with van der Waals surface area (Å²) in [4.78, 5) is 12.3. The van der Waals surface area contributed by atoms with Gasteiger partial charge in [-0.2, -0.15) is 8.78 Å². The Morgan fingerprint density at radius 2 is 1.48 bits per heavy atom. The van der Waals surface area contributed by atoms with Gasteiger partial charge in [0.05, 0.1) is 21.3 Å². The molecule has 2 rings (SSSR count). The maximum absolute atomic E-state index is 12.3. The second-order valence-corrected chi connectivity index (χ2v) is 4.77. The summed E-state index contributed by atoms with van der Waals surface area (Å²) in [7, 11) is 4.28. The number of benzene rings is 2. The third-order valence-electron chi connectivity index (χ3n) is 3.28. The molecule has 8 heteroatoms. The van der Waals surface area contributed by atoms with Crippen LogP contribution in [-0.2, 0) is 0 Å². The van der Waals surface area contributed by atoms with E-state index in [1.165, 1.54) is 39.5 Å². The molecule has 0 heterocycles. The Labute approximate surface area is 143 Å². The van der Waals surface area contributed by atoms with Crippen molar-refractivity contribution in [3.8, 4) is 23.0 Å². The van der Waals surface area contributed by atoms with Crippen molar-refractivity contribution < 1.29 is 32.5 Å². The monoisotopic (exact) mass is 353 g/mol. The first-order chi connectivity index (χ1) is 12.0. The molecule has 1 N–H and O–H groups in total. The Kier molecular flexibility index (Phi) is 5.99. The van der Waals surface area contributed by atoms with Gasteiger partial charge in [-0.1, -0.05) is 0 Å². The van der Waals surface area contributed by atoms with Gasteiger partial charge in [-0.3, -0.25) is 4.79 Å². The number of carbonyl (C=O) groups excluding carboxylic acids is 1. The highest BCUT2D eigenvalue weighted by Gasteiger charge is 2.15. The number of rotatable bonds is 7. The summed E-state index contributed by atoms with van der Waals surface area (Å²) in [5, 5.41) is 2.68. The van der Waals surface area contributed by atoms with Crippen molar-refractivity contribution in [2.24, 2.45) is 0 Å². The largest absolute Gasteiger partial charge is 0.493 e. The zero-order valence-corrected chi connectivity index (χ0v) is 13.8. The number of nitrogens with one attached hydrogen (secondary N) is 1. The molecule has 0 aliphatic heterocycles. The van der Waals surface area contributed by atoms with Crippen LogP contribution in [0.1, 0.15) is 10.4 Å². The molecule has 0 saturated heterocycles. The van der Waals surface area contributed by atoms with E-state index in [0.717, 1.165) is 0 Å². The number of ether oxygens (including phenoxy) is 4. The fourth-order valence-electron chi connectivity index (χ4n) is 2.12. The molecule has 2 aromatic rings. The first-order valence-electron chi connectivity index (χ1n) is 7.14. The molecule has 0 aromatic heterocycles. The minimum absolute atomic E-state index is 0.0280. The number of amides is 1. The van der Waals surface area contributed by atoms with Crippen molar-refractivity contribution in [2.45, 2.75) is 6.61 Å². The van der Waals surface area contributed by atoms with Gasteiger partial charge in [0.15, 0.2) is 23.0 Å². The molecule has 0 atom stereocenters. The molecule has 0 spiro atoms. The highest BCUT2D eigenvalue weighted by atomic mass is 19.3. The topological polar surface area (TPSA) is 66.0 Å². The van der Waals surface area contributed by atoms with E-state index in [9.17, 15) is 13.6 Å². The molecule has 25 heavy (non-hydrogen) atoms. The molecule has 0 fully saturated rings. The SMILES string of the molecule is COc1ccc(NC(=O)c2ccc(OC(F)F)c(OC)c2)cc1OC. The quantitative estimate of drug-likeness (QED) is 0.824. The van der Waals surface area contributed by atoms with Gasteiger partial charge in [0, 0.05) is 17.3 Å². The average Bonchev–Trinajstić information content (AvgIpc) is 2.61. The number of alkyl halides is 2. The number of carbonyl (C=O) groups is 1. The van der Waals surface area contributed by atoms with E-state index in [0.29, 0.717) is 17.2 Å². The van der Waals surface area contributed by atoms with E-state index in [2.05, 4.69) is 10.1 Å². The Morgan fingerprint density at radius 1 is 0.880 bits per heavy atom. The summed E-state index contributed by atoms with van der Waals surface area (Å²) in [5.74, 6) is 0.406. The first kappa shape index (κ1) is 18.3. The smallest absolute Gasteiger partial charge is 0.387 e. The standard InChI is InChI=1S/C17H17F2NO5/c1-22-12-7-5-11(9-15(12)24-3)20-16(21)10-4-6-13(25-17(18)19)14(8-10)23-2/h4-9,17H,1-3H3,(H,20,21). The lowest BCUT2D eigenvalue weighted by atomic mass is 10.1. The number of anilines is 1. The molecule has 2 aromatic carbocycles. The van der Waals surface area contributed by atoms with Gasteiger partial charge >= 0.3 is 6.61 Å². The van der Waals surface area contributed by atoms with Crippen molar-refractivity contribution in [3.63, 3.8) is 0 Å². The van der Waals surface area contributed by atoms with Gasteiger partial charge in [0.2, 0.25) is 0 Å². The zero-order valence-electron chi connectivity index (χ0n) is 13.8. The molecule has 0 aliphatic carbocycles. The summed E-state index contributed by atoms with van der Waals surface area (Å²) >= 11 is 0. The van der Waals surface area contributed by atoms with Crippen LogP contribution in [0, 0.1) is 0 Å². The predicted molar refractivity (Wildman–Crippen MR) is 87.1 cm³/mol. The minimum Gasteiger partial charge on any atom is -0.493 e. The first-order valence-corrected chi connectivity index (χ1v) is 7.14. The summed E-state index contributed by atoms with van der Waals surface area (Å²) in [6, 6.07) is 8.81. The van der Waals surface area contributed by atoms with Gasteiger partial charge in [-0.15, -0.1) is 0 Å². The van der Waals surface area contributed by atoms with Crippen molar-refractivity contribution in [1.82, 2.24) is 0 Å². The van der Waals surface area contributed by atoms with E-state index in [1.807, 2.05) is 0 Å². The molecule has 6 nitrogen and oxygen atoms in total. The molecule has 134 valence electrons. The Bertz CT molecular complexity index is 752. The molecule has 0 radical (unpaired) electrons. The molecule has 0 saturated carbocycles. The van der Waals surface area contributed by atoms with Crippen LogP contribution in [0.3, 0.4) is 0 Å². The predicted octanol–water partition coefficient (Wildman–Crippen LogP) is 3.57. The Morgan fingerprint density at radius 3 is 2.08 bits per heavy atom. The molecular weight excluding hydrogens is 336 g/mol. The minimum atomic E-state index is -2.99. The zero-order chi connectivity index (χ0) is 18.4. The molecular formula is C17H17F2NO5. The molecule has 0 aliphatic rings. The van der Waals surface area contributed by atoms with Gasteiger partial charge < -0.3 is 24.3 Å². The summed E-state index contributed by atoms with van der Waals surface area (Å²) in [6.07, 6.45) is 0. The van der Waals surface area contributed by atoms with Crippen LogP contribution in [0.4, 0.5) is 14.5 Å². The lowest BCUT2D eigenvalue weighted by molar-refractivity contribution is -0.0512. The maximum atomic E-state index is 12.3. The second-order valence-electron chi connectivity index (χ2n) is 4.77. The summed E-state index contributed by atoms with van der Waals surface area (Å²) in [5.41, 5.74) is 0.697. The van der Waals surface area contributed by atoms with E-state index < -0.39 is 12.5 Å². The fraction of sp³-hybridized carbons (Fsp3) is 0.235. The van der Waals surface area contributed by atoms with E-state index in [1.54, 1.807) is 18.2 Å². The highest BCUT2D eigenvalue weighted by molar-refractivity contribution is 6.04. The summed E-state index contributed by atoms with van der Waals surface area (Å²) in [6.45, 7) is -2.99. The Balaban J connectivity index is 2.20. The van der Waals surface area contributed by atoms with Crippen LogP contribution in [0.2, 0.25) is 0 Å². The molecule has 0 bridgehead atoms. The fourth-order valence-corrected chi connectivity index (χ4v) is 2.12. The lowest BCUT2D eigenvalue weighted by Crippen LogP contribution is -2.12. The van der Waals surface area contributed by atoms with Crippen molar-refractivity contribution >= 4 is 11.6 Å².